The van der Waals surface area contributed by atoms with E-state index in [0.29, 0.717) is 27.7 Å². The van der Waals surface area contributed by atoms with Gasteiger partial charge in [-0.25, -0.2) is 9.78 Å². The van der Waals surface area contributed by atoms with Crippen LogP contribution >= 0.6 is 23.2 Å². The molecule has 1 aromatic heterocycles. The molecule has 30 heavy (non-hydrogen) atoms. The molecule has 0 aliphatic carbocycles. The van der Waals surface area contributed by atoms with E-state index in [1.165, 1.54) is 6.92 Å². The summed E-state index contributed by atoms with van der Waals surface area (Å²) in [6, 6.07) is 6.03. The fraction of sp³-hybridized carbons (Fsp3) is 0.222. The number of pyridine rings is 1. The number of alkyl halides is 3. The van der Waals surface area contributed by atoms with Gasteiger partial charge < -0.3 is 10.6 Å². The van der Waals surface area contributed by atoms with Crippen LogP contribution in [0.2, 0.25) is 10.0 Å². The molecular weight excluding hydrogens is 448 g/mol. The number of carbonyl (C=O) groups is 3. The number of urea groups is 1. The molecule has 1 unspecified atom stereocenters. The van der Waals surface area contributed by atoms with Gasteiger partial charge in [0.15, 0.2) is 5.82 Å². The highest BCUT2D eigenvalue weighted by atomic mass is 35.5. The summed E-state index contributed by atoms with van der Waals surface area (Å²) in [7, 11) is 0. The summed E-state index contributed by atoms with van der Waals surface area (Å²) in [5.41, 5.74) is -2.04. The molecule has 2 aromatic rings. The molecule has 12 heteroatoms. The van der Waals surface area contributed by atoms with Gasteiger partial charge in [-0.1, -0.05) is 35.3 Å². The predicted octanol–water partition coefficient (Wildman–Crippen LogP) is 3.81. The van der Waals surface area contributed by atoms with Crippen molar-refractivity contribution < 1.29 is 27.6 Å². The summed E-state index contributed by atoms with van der Waals surface area (Å²) >= 11 is 11.6. The van der Waals surface area contributed by atoms with Crippen molar-refractivity contribution in [3.05, 3.63) is 57.7 Å². The molecule has 1 aliphatic rings. The Morgan fingerprint density at radius 3 is 2.43 bits per heavy atom. The largest absolute Gasteiger partial charge is 0.417 e. The number of aromatic nitrogens is 1. The molecule has 0 spiro atoms. The van der Waals surface area contributed by atoms with E-state index in [2.05, 4.69) is 15.6 Å². The van der Waals surface area contributed by atoms with Crippen LogP contribution in [0.3, 0.4) is 0 Å². The quantitative estimate of drug-likeness (QED) is 0.678. The van der Waals surface area contributed by atoms with Gasteiger partial charge in [0.25, 0.3) is 5.91 Å². The van der Waals surface area contributed by atoms with Gasteiger partial charge in [-0.15, -0.1) is 0 Å². The monoisotopic (exact) mass is 460 g/mol. The number of benzene rings is 1. The Labute approximate surface area is 178 Å². The molecule has 1 aliphatic heterocycles. The van der Waals surface area contributed by atoms with Crippen LogP contribution in [0.5, 0.6) is 0 Å². The molecular formula is C18H13Cl2F3N4O3. The summed E-state index contributed by atoms with van der Waals surface area (Å²) in [6.45, 7) is 0.787. The summed E-state index contributed by atoms with van der Waals surface area (Å²) in [6.07, 6.45) is -4.14. The second-order valence-corrected chi connectivity index (χ2v) is 7.40. The number of hydrogen-bond donors (Lipinski definition) is 2. The van der Waals surface area contributed by atoms with E-state index in [1.54, 1.807) is 24.3 Å². The third kappa shape index (κ3) is 4.19. The normalized spacial score (nSPS) is 19.1. The fourth-order valence-corrected chi connectivity index (χ4v) is 3.16. The molecule has 0 saturated carbocycles. The van der Waals surface area contributed by atoms with Crippen LogP contribution < -0.4 is 10.6 Å². The number of halogens is 5. The summed E-state index contributed by atoms with van der Waals surface area (Å²) < 4.78 is 38.0. The van der Waals surface area contributed by atoms with Crippen molar-refractivity contribution >= 4 is 46.9 Å². The lowest BCUT2D eigenvalue weighted by Gasteiger charge is -2.22. The lowest BCUT2D eigenvalue weighted by molar-refractivity contribution is -0.137. The molecule has 158 valence electrons. The lowest BCUT2D eigenvalue weighted by atomic mass is 9.92. The van der Waals surface area contributed by atoms with Gasteiger partial charge >= 0.3 is 12.2 Å². The minimum absolute atomic E-state index is 0.331. The Morgan fingerprint density at radius 1 is 1.23 bits per heavy atom. The van der Waals surface area contributed by atoms with Crippen LogP contribution in [0.4, 0.5) is 23.8 Å². The average molecular weight is 461 g/mol. The van der Waals surface area contributed by atoms with E-state index < -0.39 is 46.7 Å². The van der Waals surface area contributed by atoms with Gasteiger partial charge in [-0.05, 0) is 30.7 Å². The van der Waals surface area contributed by atoms with Gasteiger partial charge in [-0.2, -0.15) is 13.2 Å². The number of amides is 4. The molecule has 1 atom stereocenters. The second kappa shape index (κ2) is 7.77. The van der Waals surface area contributed by atoms with Crippen molar-refractivity contribution in [1.29, 1.82) is 0 Å². The van der Waals surface area contributed by atoms with Crippen LogP contribution in [-0.4, -0.2) is 34.3 Å². The predicted molar refractivity (Wildman–Crippen MR) is 102 cm³/mol. The highest BCUT2D eigenvalue weighted by Crippen LogP contribution is 2.33. The van der Waals surface area contributed by atoms with Crippen LogP contribution in [0.25, 0.3) is 0 Å². The number of anilines is 1. The number of carbonyl (C=O) groups excluding carboxylic acids is 3. The molecule has 0 bridgehead atoms. The Kier molecular flexibility index (Phi) is 5.66. The molecule has 7 nitrogen and oxygen atoms in total. The van der Waals surface area contributed by atoms with Crippen LogP contribution in [-0.2, 0) is 21.3 Å². The fourth-order valence-electron chi connectivity index (χ4n) is 2.82. The first kappa shape index (κ1) is 21.8. The molecule has 1 saturated heterocycles. The maximum atomic E-state index is 12.8. The van der Waals surface area contributed by atoms with Crippen molar-refractivity contribution in [2.24, 2.45) is 0 Å². The highest BCUT2D eigenvalue weighted by Gasteiger charge is 2.49. The standard InChI is InChI=1S/C18H13Cl2F3N4O3/c1-17(9-2-4-11(19)5-3-9)15(29)27(16(30)26-17)8-13(28)25-14-12(20)6-10(7-24-14)18(21,22)23/h2-7H,8H2,1H3,(H,26,30)(H,24,25,28). The zero-order valence-corrected chi connectivity index (χ0v) is 16.7. The minimum Gasteiger partial charge on any atom is -0.319 e. The first-order valence-electron chi connectivity index (χ1n) is 8.34. The Hall–Kier alpha value is -2.85. The van der Waals surface area contributed by atoms with Gasteiger partial charge in [0.1, 0.15) is 12.1 Å². The Balaban J connectivity index is 1.73. The van der Waals surface area contributed by atoms with E-state index in [4.69, 9.17) is 23.2 Å². The number of imide groups is 1. The lowest BCUT2D eigenvalue weighted by Crippen LogP contribution is -2.42. The number of nitrogens with zero attached hydrogens (tertiary/aromatic N) is 2. The van der Waals surface area contributed by atoms with Gasteiger partial charge in [0.05, 0.1) is 10.6 Å². The SMILES string of the molecule is CC1(c2ccc(Cl)cc2)NC(=O)N(CC(=O)Nc2ncc(C(F)(F)F)cc2Cl)C1=O. The van der Waals surface area contributed by atoms with E-state index in [-0.39, 0.29) is 5.82 Å². The first-order valence-corrected chi connectivity index (χ1v) is 9.10. The topological polar surface area (TPSA) is 91.4 Å². The molecule has 1 aromatic carbocycles. The van der Waals surface area contributed by atoms with Crippen molar-refractivity contribution in [1.82, 2.24) is 15.2 Å². The van der Waals surface area contributed by atoms with Gasteiger partial charge in [0, 0.05) is 11.2 Å². The molecule has 2 N–H and O–H groups in total. The Morgan fingerprint density at radius 2 is 1.87 bits per heavy atom. The maximum absolute atomic E-state index is 12.8. The highest BCUT2D eigenvalue weighted by molar-refractivity contribution is 6.33. The van der Waals surface area contributed by atoms with Crippen molar-refractivity contribution in [3.63, 3.8) is 0 Å². The number of rotatable bonds is 4. The summed E-state index contributed by atoms with van der Waals surface area (Å²) in [5.74, 6) is -1.88. The van der Waals surface area contributed by atoms with Crippen LogP contribution in [0.15, 0.2) is 36.5 Å². The van der Waals surface area contributed by atoms with Crippen LogP contribution in [0.1, 0.15) is 18.1 Å². The minimum atomic E-state index is -4.65. The maximum Gasteiger partial charge on any atom is 0.417 e. The van der Waals surface area contributed by atoms with Crippen molar-refractivity contribution in [2.75, 3.05) is 11.9 Å². The van der Waals surface area contributed by atoms with Crippen molar-refractivity contribution in [2.45, 2.75) is 18.6 Å². The molecule has 1 fully saturated rings. The zero-order chi connectivity index (χ0) is 22.3. The summed E-state index contributed by atoms with van der Waals surface area (Å²) in [5, 5.41) is 4.71. The third-order valence-electron chi connectivity index (χ3n) is 4.42. The number of hydrogen-bond acceptors (Lipinski definition) is 4. The van der Waals surface area contributed by atoms with Crippen LogP contribution in [0, 0.1) is 0 Å². The molecule has 4 amide bonds. The van der Waals surface area contributed by atoms with E-state index in [9.17, 15) is 27.6 Å². The second-order valence-electron chi connectivity index (χ2n) is 6.55. The molecule has 3 rings (SSSR count). The zero-order valence-electron chi connectivity index (χ0n) is 15.2. The smallest absolute Gasteiger partial charge is 0.319 e. The summed E-state index contributed by atoms with van der Waals surface area (Å²) in [4.78, 5) is 41.5. The first-order chi connectivity index (χ1) is 13.9. The third-order valence-corrected chi connectivity index (χ3v) is 4.96. The number of nitrogens with one attached hydrogen (secondary N) is 2. The van der Waals surface area contributed by atoms with E-state index >= 15 is 0 Å². The van der Waals surface area contributed by atoms with E-state index in [1.807, 2.05) is 0 Å². The van der Waals surface area contributed by atoms with Crippen molar-refractivity contribution in [3.8, 4) is 0 Å². The van der Waals surface area contributed by atoms with Gasteiger partial charge in [-0.3, -0.25) is 14.5 Å². The van der Waals surface area contributed by atoms with E-state index in [0.717, 1.165) is 0 Å². The van der Waals surface area contributed by atoms with Gasteiger partial charge in [0.2, 0.25) is 5.91 Å². The molecule has 0 radical (unpaired) electrons. The average Bonchev–Trinajstić information content (AvgIpc) is 2.87. The Bertz CT molecular complexity index is 1030. The molecule has 2 heterocycles.